The Kier molecular flexibility index (Phi) is 6.02. The number of fused-ring (bicyclic) bond motifs is 3. The van der Waals surface area contributed by atoms with Crippen LogP contribution in [0.25, 0.3) is 16.9 Å². The number of Topliss-reactive ketones (excluding diaryl/α,β-unsaturated/α-hetero) is 1. The molecule has 3 N–H and O–H groups in total. The van der Waals surface area contributed by atoms with Crippen LogP contribution in [0.3, 0.4) is 0 Å². The molecular formula is C30H29N7O3. The van der Waals surface area contributed by atoms with Gasteiger partial charge in [0, 0.05) is 23.0 Å². The van der Waals surface area contributed by atoms with Crippen LogP contribution in [0.4, 0.5) is 5.82 Å². The van der Waals surface area contributed by atoms with E-state index in [0.29, 0.717) is 34.5 Å². The normalized spacial score (nSPS) is 21.2. The number of carbonyl (C=O) groups excluding carboxylic acids is 2. The van der Waals surface area contributed by atoms with Gasteiger partial charge in [0.05, 0.1) is 17.6 Å². The second-order valence-corrected chi connectivity index (χ2v) is 10.9. The average Bonchev–Trinajstić information content (AvgIpc) is 3.57. The lowest BCUT2D eigenvalue weighted by Gasteiger charge is -2.28. The predicted molar refractivity (Wildman–Crippen MR) is 150 cm³/mol. The van der Waals surface area contributed by atoms with E-state index >= 15 is 0 Å². The highest BCUT2D eigenvalue weighted by molar-refractivity contribution is 5.97. The summed E-state index contributed by atoms with van der Waals surface area (Å²) in [7, 11) is 0. The maximum Gasteiger partial charge on any atom is 0.335 e. The van der Waals surface area contributed by atoms with Crippen molar-refractivity contribution in [3.05, 3.63) is 76.2 Å². The van der Waals surface area contributed by atoms with E-state index in [-0.39, 0.29) is 29.6 Å². The molecule has 2 saturated carbocycles. The van der Waals surface area contributed by atoms with E-state index in [4.69, 9.17) is 5.73 Å². The number of amides is 1. The molecule has 0 atom stereocenters. The summed E-state index contributed by atoms with van der Waals surface area (Å²) in [6.45, 7) is 3.59. The first-order chi connectivity index (χ1) is 19.2. The molecule has 0 unspecified atom stereocenters. The first-order valence-electron chi connectivity index (χ1n) is 13.3. The van der Waals surface area contributed by atoms with Crippen LogP contribution >= 0.6 is 0 Å². The Morgan fingerprint density at radius 1 is 1.07 bits per heavy atom. The Bertz CT molecular complexity index is 1780. The molecule has 6 rings (SSSR count). The van der Waals surface area contributed by atoms with E-state index < -0.39 is 11.1 Å². The minimum atomic E-state index is -0.509. The number of carbonyl (C=O) groups is 2. The summed E-state index contributed by atoms with van der Waals surface area (Å²) >= 11 is 0. The molecule has 3 heterocycles. The van der Waals surface area contributed by atoms with Crippen LogP contribution in [-0.4, -0.2) is 41.3 Å². The van der Waals surface area contributed by atoms with Gasteiger partial charge in [0.2, 0.25) is 0 Å². The van der Waals surface area contributed by atoms with Gasteiger partial charge in [-0.2, -0.15) is 0 Å². The van der Waals surface area contributed by atoms with Crippen molar-refractivity contribution in [2.24, 2.45) is 0 Å². The topological polar surface area (TPSA) is 138 Å². The number of anilines is 1. The molecular weight excluding hydrogens is 506 g/mol. The zero-order valence-corrected chi connectivity index (χ0v) is 22.4. The number of aromatic nitrogens is 5. The van der Waals surface area contributed by atoms with Crippen LogP contribution in [0.1, 0.15) is 60.6 Å². The Hall–Kier alpha value is -4.78. The smallest absolute Gasteiger partial charge is 0.335 e. The van der Waals surface area contributed by atoms with Gasteiger partial charge in [0.25, 0.3) is 5.91 Å². The molecule has 0 aliphatic heterocycles. The van der Waals surface area contributed by atoms with Crippen molar-refractivity contribution in [2.75, 3.05) is 5.73 Å². The first kappa shape index (κ1) is 25.5. The van der Waals surface area contributed by atoms with Crippen LogP contribution in [-0.2, 0) is 16.8 Å². The third kappa shape index (κ3) is 4.14. The summed E-state index contributed by atoms with van der Waals surface area (Å²) in [5, 5.41) is 3.11. The third-order valence-corrected chi connectivity index (χ3v) is 8.31. The molecule has 4 aromatic rings. The summed E-state index contributed by atoms with van der Waals surface area (Å²) < 4.78 is 3.27. The number of nitrogen functional groups attached to an aromatic ring is 1. The molecule has 2 aliphatic rings. The number of nitrogens with zero attached hydrogens (tertiary/aromatic N) is 5. The van der Waals surface area contributed by atoms with Crippen molar-refractivity contribution in [1.82, 2.24) is 29.4 Å². The molecule has 10 heteroatoms. The summed E-state index contributed by atoms with van der Waals surface area (Å²) in [5.74, 6) is 5.04. The zero-order chi connectivity index (χ0) is 28.1. The number of aryl methyl sites for hydroxylation is 1. The van der Waals surface area contributed by atoms with E-state index in [9.17, 15) is 14.4 Å². The lowest BCUT2D eigenvalue weighted by molar-refractivity contribution is -0.117. The number of hydrogen-bond acceptors (Lipinski definition) is 7. The van der Waals surface area contributed by atoms with Crippen LogP contribution in [0, 0.1) is 18.8 Å². The van der Waals surface area contributed by atoms with Gasteiger partial charge in [-0.25, -0.2) is 14.8 Å². The molecule has 0 radical (unpaired) electrons. The van der Waals surface area contributed by atoms with Gasteiger partial charge in [0.1, 0.15) is 11.8 Å². The summed E-state index contributed by atoms with van der Waals surface area (Å²) in [6, 6.07) is 10.7. The molecule has 10 nitrogen and oxygen atoms in total. The quantitative estimate of drug-likeness (QED) is 0.286. The van der Waals surface area contributed by atoms with E-state index in [1.807, 2.05) is 19.1 Å². The van der Waals surface area contributed by atoms with E-state index in [2.05, 4.69) is 32.1 Å². The number of hydrogen-bond donors (Lipinski definition) is 2. The average molecular weight is 536 g/mol. The monoisotopic (exact) mass is 535 g/mol. The number of nitrogens with two attached hydrogens (primary N) is 1. The van der Waals surface area contributed by atoms with Gasteiger partial charge >= 0.3 is 5.69 Å². The maximum absolute atomic E-state index is 14.1. The second kappa shape index (κ2) is 9.45. The number of nitrogens with one attached hydrogen (secondary N) is 1. The van der Waals surface area contributed by atoms with Gasteiger partial charge < -0.3 is 11.1 Å². The Morgan fingerprint density at radius 2 is 1.82 bits per heavy atom. The van der Waals surface area contributed by atoms with Gasteiger partial charge in [-0.3, -0.25) is 23.7 Å². The Balaban J connectivity index is 1.37. The Morgan fingerprint density at radius 3 is 2.52 bits per heavy atom. The van der Waals surface area contributed by atoms with Crippen molar-refractivity contribution >= 4 is 28.7 Å². The maximum atomic E-state index is 14.1. The summed E-state index contributed by atoms with van der Waals surface area (Å²) in [6.07, 6.45) is 6.79. The van der Waals surface area contributed by atoms with Gasteiger partial charge in [-0.15, -0.1) is 0 Å². The molecule has 0 spiro atoms. The highest BCUT2D eigenvalue weighted by Gasteiger charge is 2.57. The molecule has 0 saturated heterocycles. The van der Waals surface area contributed by atoms with Crippen molar-refractivity contribution in [3.8, 4) is 17.5 Å². The number of ketones is 1. The van der Waals surface area contributed by atoms with Crippen LogP contribution in [0.2, 0.25) is 0 Å². The van der Waals surface area contributed by atoms with Crippen LogP contribution in [0.5, 0.6) is 0 Å². The lowest BCUT2D eigenvalue weighted by atomic mass is 9.91. The number of benzene rings is 1. The van der Waals surface area contributed by atoms with Gasteiger partial charge in [0.15, 0.2) is 17.2 Å². The molecule has 40 heavy (non-hydrogen) atoms. The molecule has 1 amide bonds. The van der Waals surface area contributed by atoms with Crippen molar-refractivity contribution in [2.45, 2.75) is 63.5 Å². The summed E-state index contributed by atoms with van der Waals surface area (Å²) in [5.41, 5.74) is 8.85. The molecule has 2 fully saturated rings. The number of imidazole rings is 1. The zero-order valence-electron chi connectivity index (χ0n) is 22.4. The number of rotatable bonds is 6. The summed E-state index contributed by atoms with van der Waals surface area (Å²) in [4.78, 5) is 52.3. The van der Waals surface area contributed by atoms with Crippen molar-refractivity contribution in [3.63, 3.8) is 0 Å². The molecule has 2 bridgehead atoms. The molecule has 202 valence electrons. The van der Waals surface area contributed by atoms with Gasteiger partial charge in [-0.05, 0) is 93.8 Å². The van der Waals surface area contributed by atoms with E-state index in [1.54, 1.807) is 42.0 Å². The largest absolute Gasteiger partial charge is 0.382 e. The minimum absolute atomic E-state index is 0.0655. The highest BCUT2D eigenvalue weighted by Crippen LogP contribution is 2.55. The van der Waals surface area contributed by atoms with Crippen molar-refractivity contribution < 1.29 is 9.59 Å². The highest BCUT2D eigenvalue weighted by atomic mass is 16.2. The molecule has 3 aromatic heterocycles. The first-order valence-corrected chi connectivity index (χ1v) is 13.3. The number of pyridine rings is 1. The Labute approximate surface area is 230 Å². The fraction of sp³-hybridized carbons (Fsp3) is 0.333. The lowest BCUT2D eigenvalue weighted by Crippen LogP contribution is -2.44. The second-order valence-electron chi connectivity index (χ2n) is 10.9. The molecule has 1 aromatic carbocycles. The standard InChI is InChI=1S/C30H29N7O3/c1-3-4-24(39)35-29-10-12-30(17-29,13-11-29)37-27-25(26(31)33-18-34-27)36(28(37)40)22-7-5-20(6-8-22)23(38)16-21-15-19(2)9-14-32-21/h5-9,14-15,18H,10-13,16-17H2,1-2H3,(H,35,39)(H2,31,33,34). The molecule has 2 aliphatic carbocycles. The van der Waals surface area contributed by atoms with E-state index in [0.717, 1.165) is 31.2 Å². The van der Waals surface area contributed by atoms with Crippen LogP contribution in [0.15, 0.2) is 53.7 Å². The van der Waals surface area contributed by atoms with E-state index in [1.165, 1.54) is 10.9 Å². The third-order valence-electron chi connectivity index (χ3n) is 8.31. The predicted octanol–water partition coefficient (Wildman–Crippen LogP) is 2.84. The van der Waals surface area contributed by atoms with Crippen molar-refractivity contribution in [1.29, 1.82) is 0 Å². The van der Waals surface area contributed by atoms with Crippen LogP contribution < -0.4 is 16.7 Å². The fourth-order valence-electron chi connectivity index (χ4n) is 6.51. The minimum Gasteiger partial charge on any atom is -0.382 e. The SMILES string of the molecule is CC#CC(=O)NC12CCC(n3c(=O)n(-c4ccc(C(=O)Cc5cc(C)ccn5)cc4)c4c(N)ncnc43)(CC1)C2. The fourth-order valence-corrected chi connectivity index (χ4v) is 6.51. The van der Waals surface area contributed by atoms with Gasteiger partial charge in [-0.1, -0.05) is 5.92 Å².